The predicted molar refractivity (Wildman–Crippen MR) is 152 cm³/mol. The first-order valence-electron chi connectivity index (χ1n) is 12.9. The van der Waals surface area contributed by atoms with E-state index in [1.807, 2.05) is 0 Å². The van der Waals surface area contributed by atoms with Crippen molar-refractivity contribution in [3.8, 4) is 11.1 Å². The Bertz CT molecular complexity index is 1400. The van der Waals surface area contributed by atoms with E-state index in [-0.39, 0.29) is 23.1 Å². The molecule has 4 rings (SSSR count). The molecule has 1 unspecified atom stereocenters. The summed E-state index contributed by atoms with van der Waals surface area (Å²) in [4.78, 5) is 19.5. The molecule has 1 aliphatic rings. The number of amidine groups is 1. The normalized spacial score (nSPS) is 15.2. The Morgan fingerprint density at radius 1 is 1.08 bits per heavy atom. The van der Waals surface area contributed by atoms with Crippen molar-refractivity contribution < 1.29 is 13.2 Å². The second kappa shape index (κ2) is 12.4. The lowest BCUT2D eigenvalue weighted by atomic mass is 9.93. The lowest BCUT2D eigenvalue weighted by molar-refractivity contribution is -0.134. The molecule has 206 valence electrons. The first-order chi connectivity index (χ1) is 18.7. The number of rotatable bonds is 10. The minimum atomic E-state index is -4.06. The first kappa shape index (κ1) is 28.2. The number of carbonyl (C=O) groups is 1. The summed E-state index contributed by atoms with van der Waals surface area (Å²) in [6, 6.07) is 15.8. The molecule has 0 saturated carbocycles. The number of piperidine rings is 1. The largest absolute Gasteiger partial charge is 0.384 e. The van der Waals surface area contributed by atoms with Gasteiger partial charge in [0.05, 0.1) is 4.90 Å². The highest BCUT2D eigenvalue weighted by atomic mass is 32.2. The third kappa shape index (κ3) is 7.20. The molecule has 0 aliphatic carbocycles. The highest BCUT2D eigenvalue weighted by Gasteiger charge is 2.32. The molecule has 8 N–H and O–H groups in total. The number of anilines is 1. The Kier molecular flexibility index (Phi) is 8.95. The molecular formula is C28H35N7O3S. The van der Waals surface area contributed by atoms with Gasteiger partial charge in [0.2, 0.25) is 15.9 Å². The van der Waals surface area contributed by atoms with Crippen molar-refractivity contribution in [2.45, 2.75) is 36.6 Å². The van der Waals surface area contributed by atoms with Gasteiger partial charge in [-0.05, 0) is 73.5 Å². The summed E-state index contributed by atoms with van der Waals surface area (Å²) in [5.41, 5.74) is 19.6. The average molecular weight is 550 g/mol. The molecule has 1 aliphatic heterocycles. The summed E-state index contributed by atoms with van der Waals surface area (Å²) < 4.78 is 29.8. The maximum atomic E-state index is 13.7. The molecule has 0 radical (unpaired) electrons. The minimum absolute atomic E-state index is 0.0446. The molecule has 2 heterocycles. The van der Waals surface area contributed by atoms with Crippen molar-refractivity contribution in [1.82, 2.24) is 14.6 Å². The first-order valence-corrected chi connectivity index (χ1v) is 14.4. The van der Waals surface area contributed by atoms with Crippen molar-refractivity contribution in [2.24, 2.45) is 17.4 Å². The number of likely N-dealkylation sites (tertiary alicyclic amines) is 1. The molecule has 1 fully saturated rings. The highest BCUT2D eigenvalue weighted by molar-refractivity contribution is 7.89. The van der Waals surface area contributed by atoms with Crippen molar-refractivity contribution in [3.05, 3.63) is 78.0 Å². The number of nitrogens with one attached hydrogen (secondary N) is 2. The van der Waals surface area contributed by atoms with Gasteiger partial charge in [0.1, 0.15) is 17.7 Å². The zero-order valence-electron chi connectivity index (χ0n) is 21.7. The van der Waals surface area contributed by atoms with Gasteiger partial charge in [-0.25, -0.2) is 13.4 Å². The molecule has 1 aromatic heterocycles. The Morgan fingerprint density at radius 3 is 2.41 bits per heavy atom. The van der Waals surface area contributed by atoms with Crippen LogP contribution in [0.1, 0.15) is 30.4 Å². The fourth-order valence-corrected chi connectivity index (χ4v) is 6.04. The molecule has 39 heavy (non-hydrogen) atoms. The van der Waals surface area contributed by atoms with Gasteiger partial charge in [-0.2, -0.15) is 4.72 Å². The number of nitrogens with two attached hydrogens (primary N) is 3. The van der Waals surface area contributed by atoms with Gasteiger partial charge < -0.3 is 22.1 Å². The molecule has 11 heteroatoms. The van der Waals surface area contributed by atoms with Crippen LogP contribution in [0.15, 0.2) is 71.8 Å². The molecule has 1 amide bonds. The second-order valence-electron chi connectivity index (χ2n) is 9.83. The average Bonchev–Trinajstić information content (AvgIpc) is 2.93. The van der Waals surface area contributed by atoms with Gasteiger partial charge in [0, 0.05) is 30.4 Å². The number of hydrogen-bond acceptors (Lipinski definition) is 7. The van der Waals surface area contributed by atoms with E-state index in [1.54, 1.807) is 65.7 Å². The zero-order valence-corrected chi connectivity index (χ0v) is 22.5. The SMILES string of the molecule is N=C(N)c1ccc(CC(NS(=O)(=O)c2cccc(-c3ccc(N)nc3)c2)C(=O)N2CCC(CCN)CC2)cc1. The smallest absolute Gasteiger partial charge is 0.241 e. The fourth-order valence-electron chi connectivity index (χ4n) is 4.81. The van der Waals surface area contributed by atoms with Gasteiger partial charge in [-0.1, -0.05) is 36.4 Å². The molecule has 10 nitrogen and oxygen atoms in total. The Labute approximate surface area is 229 Å². The molecule has 2 aromatic carbocycles. The fraction of sp³-hybridized carbons (Fsp3) is 0.321. The molecule has 1 saturated heterocycles. The third-order valence-electron chi connectivity index (χ3n) is 7.07. The number of carbonyl (C=O) groups excluding carboxylic acids is 1. The van der Waals surface area contributed by atoms with Crippen LogP contribution in [0.5, 0.6) is 0 Å². The second-order valence-corrected chi connectivity index (χ2v) is 11.5. The van der Waals surface area contributed by atoms with Crippen LogP contribution in [0.4, 0.5) is 5.82 Å². The lowest BCUT2D eigenvalue weighted by Crippen LogP contribution is -2.51. The monoisotopic (exact) mass is 549 g/mol. The Morgan fingerprint density at radius 2 is 1.79 bits per heavy atom. The number of benzene rings is 2. The zero-order chi connectivity index (χ0) is 28.0. The maximum Gasteiger partial charge on any atom is 0.241 e. The Hall–Kier alpha value is -3.80. The lowest BCUT2D eigenvalue weighted by Gasteiger charge is -2.34. The van der Waals surface area contributed by atoms with Crippen LogP contribution in [-0.4, -0.2) is 55.7 Å². The van der Waals surface area contributed by atoms with Gasteiger partial charge >= 0.3 is 0 Å². The van der Waals surface area contributed by atoms with Crippen LogP contribution in [0, 0.1) is 11.3 Å². The summed E-state index contributed by atoms with van der Waals surface area (Å²) in [5.74, 6) is 0.513. The summed E-state index contributed by atoms with van der Waals surface area (Å²) in [6.07, 6.45) is 4.33. The summed E-state index contributed by atoms with van der Waals surface area (Å²) >= 11 is 0. The summed E-state index contributed by atoms with van der Waals surface area (Å²) in [5, 5.41) is 7.61. The number of pyridine rings is 1. The minimum Gasteiger partial charge on any atom is -0.384 e. The van der Waals surface area contributed by atoms with Crippen molar-refractivity contribution in [1.29, 1.82) is 5.41 Å². The van der Waals surface area contributed by atoms with Crippen molar-refractivity contribution in [2.75, 3.05) is 25.4 Å². The van der Waals surface area contributed by atoms with Crippen LogP contribution in [0.3, 0.4) is 0 Å². The van der Waals surface area contributed by atoms with E-state index in [1.165, 1.54) is 6.07 Å². The number of nitrogens with zero attached hydrogens (tertiary/aromatic N) is 2. The number of sulfonamides is 1. The van der Waals surface area contributed by atoms with E-state index in [2.05, 4.69) is 9.71 Å². The quantitative estimate of drug-likeness (QED) is 0.189. The van der Waals surface area contributed by atoms with E-state index < -0.39 is 16.1 Å². The van der Waals surface area contributed by atoms with Crippen molar-refractivity contribution >= 4 is 27.6 Å². The van der Waals surface area contributed by atoms with Crippen LogP contribution < -0.4 is 21.9 Å². The molecular weight excluding hydrogens is 514 g/mol. The third-order valence-corrected chi connectivity index (χ3v) is 8.53. The van der Waals surface area contributed by atoms with E-state index in [9.17, 15) is 13.2 Å². The number of nitrogen functional groups attached to an aromatic ring is 2. The predicted octanol–water partition coefficient (Wildman–Crippen LogP) is 2.09. The molecule has 3 aromatic rings. The van der Waals surface area contributed by atoms with Crippen molar-refractivity contribution in [3.63, 3.8) is 0 Å². The van der Waals surface area contributed by atoms with Gasteiger partial charge in [-0.15, -0.1) is 0 Å². The number of hydrogen-bond donors (Lipinski definition) is 5. The van der Waals surface area contributed by atoms with E-state index >= 15 is 0 Å². The van der Waals surface area contributed by atoms with E-state index in [0.29, 0.717) is 42.5 Å². The topological polar surface area (TPSA) is 181 Å². The van der Waals surface area contributed by atoms with E-state index in [0.717, 1.165) is 30.4 Å². The van der Waals surface area contributed by atoms with Gasteiger partial charge in [0.15, 0.2) is 0 Å². The summed E-state index contributed by atoms with van der Waals surface area (Å²) in [7, 11) is -4.06. The number of aromatic nitrogens is 1. The molecule has 1 atom stereocenters. The molecule has 0 bridgehead atoms. The van der Waals surface area contributed by atoms with Crippen LogP contribution in [-0.2, 0) is 21.2 Å². The standard InChI is InChI=1S/C28H35N7O3S/c29-13-10-19-11-14-35(15-12-19)28(36)25(16-20-4-6-21(7-5-20)27(31)32)34-39(37,38)24-3-1-2-22(17-24)23-8-9-26(30)33-18-23/h1-9,17-19,25,34H,10-16,29H2,(H2,30,33)(H3,31,32). The van der Waals surface area contributed by atoms with E-state index in [4.69, 9.17) is 22.6 Å². The van der Waals surface area contributed by atoms with Gasteiger partial charge in [0.25, 0.3) is 0 Å². The summed E-state index contributed by atoms with van der Waals surface area (Å²) in [6.45, 7) is 1.73. The molecule has 0 spiro atoms. The Balaban J connectivity index is 1.59. The van der Waals surface area contributed by atoms with Crippen LogP contribution in [0.2, 0.25) is 0 Å². The number of amides is 1. The van der Waals surface area contributed by atoms with Crippen LogP contribution in [0.25, 0.3) is 11.1 Å². The highest BCUT2D eigenvalue weighted by Crippen LogP contribution is 2.24. The van der Waals surface area contributed by atoms with Gasteiger partial charge in [-0.3, -0.25) is 10.2 Å². The van der Waals surface area contributed by atoms with Crippen LogP contribution >= 0.6 is 0 Å². The maximum absolute atomic E-state index is 13.7.